The molecule has 10 heteroatoms. The summed E-state index contributed by atoms with van der Waals surface area (Å²) in [7, 11) is 4.04. The molecule has 4 aromatic rings. The first kappa shape index (κ1) is 22.8. The highest BCUT2D eigenvalue weighted by atomic mass is 19.3. The van der Waals surface area contributed by atoms with Gasteiger partial charge in [-0.05, 0) is 43.8 Å². The number of nitrogens with zero attached hydrogens (tertiary/aromatic N) is 5. The van der Waals surface area contributed by atoms with Crippen molar-refractivity contribution in [3.8, 4) is 5.88 Å². The predicted molar refractivity (Wildman–Crippen MR) is 122 cm³/mol. The molecule has 4 rings (SSSR count). The molecule has 1 aromatic carbocycles. The lowest BCUT2D eigenvalue weighted by Gasteiger charge is -2.26. The highest BCUT2D eigenvalue weighted by Gasteiger charge is 2.25. The number of pyridine rings is 1. The number of fused-ring (bicyclic) bond motifs is 3. The molecule has 33 heavy (non-hydrogen) atoms. The van der Waals surface area contributed by atoms with E-state index in [1.165, 1.54) is 0 Å². The lowest BCUT2D eigenvalue weighted by atomic mass is 9.78. The van der Waals surface area contributed by atoms with Crippen LogP contribution in [0.3, 0.4) is 0 Å². The van der Waals surface area contributed by atoms with Gasteiger partial charge in [-0.2, -0.15) is 8.78 Å². The van der Waals surface area contributed by atoms with Crippen LogP contribution in [-0.4, -0.2) is 56.9 Å². The molecule has 174 valence electrons. The van der Waals surface area contributed by atoms with E-state index < -0.39 is 17.7 Å². The largest absolute Gasteiger partial charge is 0.478 e. The van der Waals surface area contributed by atoms with Gasteiger partial charge in [-0.3, -0.25) is 0 Å². The van der Waals surface area contributed by atoms with Crippen molar-refractivity contribution < 1.29 is 13.5 Å². The maximum absolute atomic E-state index is 13.3. The van der Waals surface area contributed by atoms with Gasteiger partial charge in [0.2, 0.25) is 5.88 Å². The first-order chi connectivity index (χ1) is 15.7. The van der Waals surface area contributed by atoms with E-state index in [1.807, 2.05) is 52.2 Å². The number of halogens is 2. The summed E-state index contributed by atoms with van der Waals surface area (Å²) in [5.74, 6) is 0.565. The molecular formula is C23H26F2N6O2. The number of rotatable bonds is 8. The van der Waals surface area contributed by atoms with Crippen molar-refractivity contribution in [3.05, 3.63) is 58.1 Å². The van der Waals surface area contributed by atoms with Gasteiger partial charge in [0.1, 0.15) is 0 Å². The van der Waals surface area contributed by atoms with Crippen LogP contribution in [0.25, 0.3) is 22.1 Å². The summed E-state index contributed by atoms with van der Waals surface area (Å²) in [4.78, 5) is 21.1. The van der Waals surface area contributed by atoms with E-state index in [0.29, 0.717) is 28.0 Å². The molecule has 3 heterocycles. The molecule has 3 aromatic heterocycles. The van der Waals surface area contributed by atoms with Gasteiger partial charge in [0, 0.05) is 29.6 Å². The van der Waals surface area contributed by atoms with E-state index in [9.17, 15) is 13.6 Å². The molecule has 0 amide bonds. The van der Waals surface area contributed by atoms with Crippen molar-refractivity contribution >= 4 is 22.1 Å². The van der Waals surface area contributed by atoms with Gasteiger partial charge in [-0.1, -0.05) is 26.0 Å². The molecule has 0 spiro atoms. The van der Waals surface area contributed by atoms with E-state index in [2.05, 4.69) is 25.1 Å². The van der Waals surface area contributed by atoms with Crippen LogP contribution >= 0.6 is 0 Å². The number of benzene rings is 1. The van der Waals surface area contributed by atoms with Crippen molar-refractivity contribution in [2.75, 3.05) is 27.2 Å². The number of H-pyrrole nitrogens is 1. The zero-order valence-corrected chi connectivity index (χ0v) is 19.0. The number of ether oxygens (including phenoxy) is 1. The van der Waals surface area contributed by atoms with Crippen LogP contribution in [0.2, 0.25) is 0 Å². The molecule has 1 N–H and O–H groups in total. The number of nitrogens with one attached hydrogen (secondary N) is 1. The normalized spacial score (nSPS) is 12.4. The second-order valence-corrected chi connectivity index (χ2v) is 8.72. The number of imidazole rings is 1. The standard InChI is InChI=1S/C23H26F2N6O2/c1-23(2,15-7-9-18(26-13-15)33-11-5-10-30(3)4)14-6-8-17-16(12-14)19-20(29-28-17)31(21(24)25)22(32)27-19/h6-9,12-13,21H,5,10-11H2,1-4H3,(H,27,32). The average Bonchev–Trinajstić information content (AvgIpc) is 3.13. The maximum atomic E-state index is 13.3. The lowest BCUT2D eigenvalue weighted by molar-refractivity contribution is 0.0705. The molecule has 8 nitrogen and oxygen atoms in total. The Morgan fingerprint density at radius 3 is 2.58 bits per heavy atom. The van der Waals surface area contributed by atoms with Crippen LogP contribution in [0.4, 0.5) is 8.78 Å². The molecule has 0 aliphatic rings. The number of aromatic nitrogens is 5. The second-order valence-electron chi connectivity index (χ2n) is 8.72. The fourth-order valence-electron chi connectivity index (χ4n) is 3.78. The quantitative estimate of drug-likeness (QED) is 0.407. The van der Waals surface area contributed by atoms with Crippen molar-refractivity contribution in [3.63, 3.8) is 0 Å². The van der Waals surface area contributed by atoms with Crippen LogP contribution in [0.5, 0.6) is 5.88 Å². The second kappa shape index (κ2) is 8.86. The minimum atomic E-state index is -3.01. The Hall–Kier alpha value is -3.40. The first-order valence-electron chi connectivity index (χ1n) is 10.6. The predicted octanol–water partition coefficient (Wildman–Crippen LogP) is 3.72. The SMILES string of the molecule is CN(C)CCCOc1ccc(C(C)(C)c2ccc3nnc4c([nH]c(=O)n4C(F)F)c3c2)cn1. The van der Waals surface area contributed by atoms with Crippen molar-refractivity contribution in [2.45, 2.75) is 32.2 Å². The van der Waals surface area contributed by atoms with E-state index in [4.69, 9.17) is 4.74 Å². The van der Waals surface area contributed by atoms with Crippen LogP contribution in [0.1, 0.15) is 37.9 Å². The first-order valence-corrected chi connectivity index (χ1v) is 10.6. The summed E-state index contributed by atoms with van der Waals surface area (Å²) in [6.07, 6.45) is 2.69. The molecular weight excluding hydrogens is 430 g/mol. The van der Waals surface area contributed by atoms with Crippen LogP contribution in [-0.2, 0) is 5.41 Å². The number of aromatic amines is 1. The highest BCUT2D eigenvalue weighted by Crippen LogP contribution is 2.34. The summed E-state index contributed by atoms with van der Waals surface area (Å²) >= 11 is 0. The van der Waals surface area contributed by atoms with Crippen LogP contribution in [0.15, 0.2) is 41.3 Å². The summed E-state index contributed by atoms with van der Waals surface area (Å²) in [6, 6.07) is 9.35. The summed E-state index contributed by atoms with van der Waals surface area (Å²) in [6.45, 7) is 2.61. The fourth-order valence-corrected chi connectivity index (χ4v) is 3.78. The molecule has 0 unspecified atom stereocenters. The summed E-state index contributed by atoms with van der Waals surface area (Å²) < 4.78 is 32.6. The Kier molecular flexibility index (Phi) is 6.11. The van der Waals surface area contributed by atoms with Gasteiger partial charge < -0.3 is 14.6 Å². The molecule has 0 aliphatic heterocycles. The molecule has 0 radical (unpaired) electrons. The Balaban J connectivity index is 1.65. The third-order valence-corrected chi connectivity index (χ3v) is 5.80. The molecule has 0 atom stereocenters. The molecule has 0 saturated heterocycles. The van der Waals surface area contributed by atoms with Gasteiger partial charge in [-0.25, -0.2) is 14.3 Å². The van der Waals surface area contributed by atoms with Crippen molar-refractivity contribution in [2.24, 2.45) is 0 Å². The molecule has 0 saturated carbocycles. The lowest BCUT2D eigenvalue weighted by Crippen LogP contribution is -2.19. The average molecular weight is 456 g/mol. The number of hydrogen-bond acceptors (Lipinski definition) is 6. The van der Waals surface area contributed by atoms with E-state index in [0.717, 1.165) is 24.1 Å². The molecule has 0 bridgehead atoms. The zero-order valence-electron chi connectivity index (χ0n) is 19.0. The maximum Gasteiger partial charge on any atom is 0.332 e. The topological polar surface area (TPSA) is 88.9 Å². The third-order valence-electron chi connectivity index (χ3n) is 5.80. The van der Waals surface area contributed by atoms with Gasteiger partial charge in [0.05, 0.1) is 17.6 Å². The Labute approximate surface area is 189 Å². The van der Waals surface area contributed by atoms with Crippen LogP contribution in [0, 0.1) is 0 Å². The zero-order chi connectivity index (χ0) is 23.8. The van der Waals surface area contributed by atoms with Gasteiger partial charge >= 0.3 is 12.2 Å². The number of alkyl halides is 2. The Morgan fingerprint density at radius 1 is 1.15 bits per heavy atom. The van der Waals surface area contributed by atoms with Gasteiger partial charge in [-0.15, -0.1) is 10.2 Å². The van der Waals surface area contributed by atoms with Crippen molar-refractivity contribution in [1.29, 1.82) is 0 Å². The fraction of sp³-hybridized carbons (Fsp3) is 0.391. The third kappa shape index (κ3) is 4.43. The monoisotopic (exact) mass is 456 g/mol. The van der Waals surface area contributed by atoms with E-state index in [-0.39, 0.29) is 11.2 Å². The minimum absolute atomic E-state index is 0.171. The van der Waals surface area contributed by atoms with E-state index in [1.54, 1.807) is 12.3 Å². The number of hydrogen-bond donors (Lipinski definition) is 1. The van der Waals surface area contributed by atoms with Gasteiger partial charge in [0.25, 0.3) is 0 Å². The Bertz CT molecular complexity index is 1330. The highest BCUT2D eigenvalue weighted by molar-refractivity contribution is 6.00. The summed E-state index contributed by atoms with van der Waals surface area (Å²) in [5.41, 5.74) is 1.07. The van der Waals surface area contributed by atoms with Crippen LogP contribution < -0.4 is 10.4 Å². The summed E-state index contributed by atoms with van der Waals surface area (Å²) in [5, 5.41) is 8.40. The smallest absolute Gasteiger partial charge is 0.332 e. The molecule has 0 fully saturated rings. The van der Waals surface area contributed by atoms with Gasteiger partial charge in [0.15, 0.2) is 5.65 Å². The van der Waals surface area contributed by atoms with Crippen molar-refractivity contribution in [1.82, 2.24) is 29.6 Å². The minimum Gasteiger partial charge on any atom is -0.478 e. The molecule has 0 aliphatic carbocycles. The van der Waals surface area contributed by atoms with E-state index >= 15 is 0 Å². The Morgan fingerprint density at radius 2 is 1.91 bits per heavy atom.